The molecule has 0 atom stereocenters. The number of furan rings is 1. The monoisotopic (exact) mass is 628 g/mol. The molecule has 2 heterocycles. The number of nitrogens with zero attached hydrogens (tertiary/aromatic N) is 2. The van der Waals surface area contributed by atoms with Crippen LogP contribution in [0.2, 0.25) is 0 Å². The van der Waals surface area contributed by atoms with Crippen molar-refractivity contribution in [1.29, 1.82) is 0 Å². The predicted octanol–water partition coefficient (Wildman–Crippen LogP) is 12.8. The van der Waals surface area contributed by atoms with Gasteiger partial charge in [-0.1, -0.05) is 103 Å². The summed E-state index contributed by atoms with van der Waals surface area (Å²) in [6, 6.07) is 59.3. The molecule has 49 heavy (non-hydrogen) atoms. The Labute approximate surface area is 282 Å². The van der Waals surface area contributed by atoms with E-state index in [1.165, 1.54) is 10.8 Å². The average Bonchev–Trinajstić information content (AvgIpc) is 3.75. The van der Waals surface area contributed by atoms with Crippen molar-refractivity contribution in [2.24, 2.45) is 0 Å². The van der Waals surface area contributed by atoms with Gasteiger partial charge in [-0.05, 0) is 87.8 Å². The average molecular weight is 629 g/mol. The van der Waals surface area contributed by atoms with Crippen molar-refractivity contribution >= 4 is 71.6 Å². The molecule has 2 aromatic heterocycles. The maximum absolute atomic E-state index is 6.58. The summed E-state index contributed by atoms with van der Waals surface area (Å²) in [5.41, 5.74) is 9.56. The molecule has 10 rings (SSSR count). The van der Waals surface area contributed by atoms with E-state index in [4.69, 9.17) is 13.8 Å². The van der Waals surface area contributed by atoms with Crippen LogP contribution in [0.5, 0.6) is 0 Å². The van der Waals surface area contributed by atoms with Gasteiger partial charge < -0.3 is 13.7 Å². The van der Waals surface area contributed by atoms with Gasteiger partial charge in [0.25, 0.3) is 0 Å². The summed E-state index contributed by atoms with van der Waals surface area (Å²) in [5.74, 6) is 0.581. The summed E-state index contributed by atoms with van der Waals surface area (Å²) in [6.07, 6.45) is 0. The van der Waals surface area contributed by atoms with Crippen LogP contribution in [-0.4, -0.2) is 4.98 Å². The maximum Gasteiger partial charge on any atom is 0.228 e. The Morgan fingerprint density at radius 2 is 1.14 bits per heavy atom. The number of aromatic nitrogens is 1. The van der Waals surface area contributed by atoms with Crippen LogP contribution in [-0.2, 0) is 0 Å². The molecule has 0 aliphatic rings. The van der Waals surface area contributed by atoms with E-state index in [0.29, 0.717) is 5.89 Å². The van der Waals surface area contributed by atoms with Crippen LogP contribution in [0.25, 0.3) is 77.2 Å². The van der Waals surface area contributed by atoms with Gasteiger partial charge in [-0.2, -0.15) is 0 Å². The lowest BCUT2D eigenvalue weighted by molar-refractivity contribution is 0.620. The van der Waals surface area contributed by atoms with Gasteiger partial charge in [0, 0.05) is 39.3 Å². The van der Waals surface area contributed by atoms with Crippen molar-refractivity contribution in [2.75, 3.05) is 4.90 Å². The number of anilines is 3. The predicted molar refractivity (Wildman–Crippen MR) is 202 cm³/mol. The van der Waals surface area contributed by atoms with E-state index in [9.17, 15) is 0 Å². The van der Waals surface area contributed by atoms with Crippen molar-refractivity contribution in [3.05, 3.63) is 170 Å². The molecule has 4 heteroatoms. The second-order valence-corrected chi connectivity index (χ2v) is 12.4. The second kappa shape index (κ2) is 11.0. The van der Waals surface area contributed by atoms with Gasteiger partial charge in [0.2, 0.25) is 5.89 Å². The first-order valence-electron chi connectivity index (χ1n) is 16.5. The van der Waals surface area contributed by atoms with Crippen molar-refractivity contribution < 1.29 is 8.83 Å². The third kappa shape index (κ3) is 4.57. The molecular weight excluding hydrogens is 601 g/mol. The lowest BCUT2D eigenvalue weighted by atomic mass is 9.98. The minimum Gasteiger partial charge on any atom is -0.456 e. The lowest BCUT2D eigenvalue weighted by Crippen LogP contribution is -2.11. The Morgan fingerprint density at radius 3 is 2.00 bits per heavy atom. The largest absolute Gasteiger partial charge is 0.456 e. The maximum atomic E-state index is 6.58. The van der Waals surface area contributed by atoms with E-state index in [2.05, 4.69) is 150 Å². The van der Waals surface area contributed by atoms with E-state index in [1.54, 1.807) is 0 Å². The van der Waals surface area contributed by atoms with Crippen molar-refractivity contribution in [3.63, 3.8) is 0 Å². The zero-order valence-electron chi connectivity index (χ0n) is 26.4. The fourth-order valence-corrected chi connectivity index (χ4v) is 7.13. The first-order chi connectivity index (χ1) is 24.3. The highest BCUT2D eigenvalue weighted by Gasteiger charge is 2.21. The Kier molecular flexibility index (Phi) is 6.15. The molecule has 0 aliphatic carbocycles. The van der Waals surface area contributed by atoms with Gasteiger partial charge in [-0.15, -0.1) is 0 Å². The molecule has 0 unspecified atom stereocenters. The van der Waals surface area contributed by atoms with E-state index < -0.39 is 0 Å². The van der Waals surface area contributed by atoms with E-state index >= 15 is 0 Å². The van der Waals surface area contributed by atoms with Crippen molar-refractivity contribution in [3.8, 4) is 22.6 Å². The summed E-state index contributed by atoms with van der Waals surface area (Å²) in [6.45, 7) is 0. The highest BCUT2D eigenvalue weighted by atomic mass is 16.3. The molecule has 0 saturated carbocycles. The normalized spacial score (nSPS) is 11.7. The number of fused-ring (bicyclic) bond motifs is 6. The Hall–Kier alpha value is -6.65. The Balaban J connectivity index is 1.13. The fourth-order valence-electron chi connectivity index (χ4n) is 7.13. The second-order valence-electron chi connectivity index (χ2n) is 12.4. The van der Waals surface area contributed by atoms with Crippen molar-refractivity contribution in [1.82, 2.24) is 4.98 Å². The number of hydrogen-bond donors (Lipinski definition) is 0. The lowest BCUT2D eigenvalue weighted by Gasteiger charge is -2.28. The molecule has 0 saturated heterocycles. The molecule has 0 aliphatic heterocycles. The van der Waals surface area contributed by atoms with Gasteiger partial charge in [0.1, 0.15) is 16.7 Å². The molecule has 10 aromatic rings. The van der Waals surface area contributed by atoms with Gasteiger partial charge in [-0.25, -0.2) is 4.98 Å². The summed E-state index contributed by atoms with van der Waals surface area (Å²) >= 11 is 0. The Bertz CT molecular complexity index is 2790. The van der Waals surface area contributed by atoms with Crippen LogP contribution < -0.4 is 4.90 Å². The van der Waals surface area contributed by atoms with Gasteiger partial charge in [0.15, 0.2) is 5.58 Å². The van der Waals surface area contributed by atoms with Crippen LogP contribution in [0.15, 0.2) is 179 Å². The molecule has 8 aromatic carbocycles. The summed E-state index contributed by atoms with van der Waals surface area (Å²) < 4.78 is 13.0. The van der Waals surface area contributed by atoms with Crippen LogP contribution in [0.4, 0.5) is 17.1 Å². The first kappa shape index (κ1) is 27.5. The topological polar surface area (TPSA) is 42.4 Å². The highest BCUT2D eigenvalue weighted by molar-refractivity contribution is 6.13. The molecule has 0 spiro atoms. The van der Waals surface area contributed by atoms with Crippen LogP contribution in [0, 0.1) is 0 Å². The highest BCUT2D eigenvalue weighted by Crippen LogP contribution is 2.44. The molecular formula is C45H28N2O2. The zero-order valence-corrected chi connectivity index (χ0v) is 26.4. The quantitative estimate of drug-likeness (QED) is 0.190. The molecule has 0 fully saturated rings. The van der Waals surface area contributed by atoms with Gasteiger partial charge >= 0.3 is 0 Å². The molecule has 0 radical (unpaired) electrons. The third-order valence-corrected chi connectivity index (χ3v) is 9.45. The molecule has 0 amide bonds. The van der Waals surface area contributed by atoms with Gasteiger partial charge in [-0.3, -0.25) is 0 Å². The zero-order chi connectivity index (χ0) is 32.3. The summed E-state index contributed by atoms with van der Waals surface area (Å²) in [4.78, 5) is 7.24. The molecule has 230 valence electrons. The smallest absolute Gasteiger partial charge is 0.228 e. The minimum atomic E-state index is 0.581. The van der Waals surface area contributed by atoms with E-state index in [-0.39, 0.29) is 0 Å². The van der Waals surface area contributed by atoms with E-state index in [1.807, 2.05) is 24.3 Å². The first-order valence-corrected chi connectivity index (χ1v) is 16.5. The third-order valence-electron chi connectivity index (χ3n) is 9.45. The number of hydrogen-bond acceptors (Lipinski definition) is 4. The standard InChI is InChI=1S/C45H28N2O2/c1-2-15-34(16-3-1)47(40-19-9-8-17-36(40)33-22-21-29-11-4-5-12-30(29)25-33)35-23-24-37-42(28-35)48-41-20-10-18-38(44(37)41)45-46-39-26-31-13-6-7-14-32(31)27-43(39)49-45/h1-28H. The molecule has 0 N–H and O–H groups in total. The summed E-state index contributed by atoms with van der Waals surface area (Å²) in [5, 5.41) is 6.71. The molecule has 4 nitrogen and oxygen atoms in total. The minimum absolute atomic E-state index is 0.581. The van der Waals surface area contributed by atoms with Crippen molar-refractivity contribution in [2.45, 2.75) is 0 Å². The number of rotatable bonds is 5. The number of para-hydroxylation sites is 2. The van der Waals surface area contributed by atoms with Crippen LogP contribution in [0.1, 0.15) is 0 Å². The summed E-state index contributed by atoms with van der Waals surface area (Å²) in [7, 11) is 0. The number of benzene rings is 8. The van der Waals surface area contributed by atoms with E-state index in [0.717, 1.165) is 77.6 Å². The molecule has 0 bridgehead atoms. The Morgan fingerprint density at radius 1 is 0.429 bits per heavy atom. The fraction of sp³-hybridized carbons (Fsp3) is 0. The van der Waals surface area contributed by atoms with Crippen LogP contribution >= 0.6 is 0 Å². The number of oxazole rings is 1. The SMILES string of the molecule is c1ccc(N(c2ccc3c(c2)oc2cccc(-c4nc5cc6ccccc6cc5o4)c23)c2ccccc2-c2ccc3ccccc3c2)cc1. The van der Waals surface area contributed by atoms with Crippen LogP contribution in [0.3, 0.4) is 0 Å². The van der Waals surface area contributed by atoms with Gasteiger partial charge in [0.05, 0.1) is 5.69 Å².